The van der Waals surface area contributed by atoms with Gasteiger partial charge in [0.2, 0.25) is 5.91 Å². The maximum absolute atomic E-state index is 12.3. The van der Waals surface area contributed by atoms with Crippen molar-refractivity contribution in [3.05, 3.63) is 46.3 Å². The van der Waals surface area contributed by atoms with Crippen molar-refractivity contribution in [1.29, 1.82) is 0 Å². The van der Waals surface area contributed by atoms with Gasteiger partial charge in [0, 0.05) is 29.3 Å². The highest BCUT2D eigenvalue weighted by Crippen LogP contribution is 2.36. The molecule has 1 aromatic carbocycles. The first-order valence-electron chi connectivity index (χ1n) is 8.65. The number of benzene rings is 1. The van der Waals surface area contributed by atoms with Gasteiger partial charge >= 0.3 is 0 Å². The molecule has 3 rings (SSSR count). The smallest absolute Gasteiger partial charge is 0.251 e. The Morgan fingerprint density at radius 1 is 1.31 bits per heavy atom. The van der Waals surface area contributed by atoms with Crippen molar-refractivity contribution in [3.8, 4) is 0 Å². The average molecular weight is 390 g/mol. The number of carbonyl (C=O) groups excluding carboxylic acids is 2. The fourth-order valence-electron chi connectivity index (χ4n) is 3.01. The molecule has 0 spiro atoms. The lowest BCUT2D eigenvalue weighted by molar-refractivity contribution is -0.116. The van der Waals surface area contributed by atoms with Crippen molar-refractivity contribution < 1.29 is 9.59 Å². The maximum Gasteiger partial charge on any atom is 0.251 e. The Morgan fingerprint density at radius 2 is 2.08 bits per heavy atom. The molecule has 0 saturated carbocycles. The summed E-state index contributed by atoms with van der Waals surface area (Å²) in [6, 6.07) is 10.1. The van der Waals surface area contributed by atoms with E-state index in [0.29, 0.717) is 17.0 Å². The number of likely N-dealkylation sites (N-methyl/N-ethyl adjacent to an activating group) is 1. The van der Waals surface area contributed by atoms with Crippen molar-refractivity contribution in [1.82, 2.24) is 4.90 Å². The van der Waals surface area contributed by atoms with E-state index in [4.69, 9.17) is 5.73 Å². The maximum atomic E-state index is 12.3. The molecule has 2 amide bonds. The minimum atomic E-state index is -0.456. The summed E-state index contributed by atoms with van der Waals surface area (Å²) in [7, 11) is 2.05. The van der Waals surface area contributed by atoms with E-state index in [2.05, 4.69) is 29.4 Å². The van der Waals surface area contributed by atoms with Gasteiger partial charge in [-0.05, 0) is 43.3 Å². The summed E-state index contributed by atoms with van der Waals surface area (Å²) in [5, 5.41) is 3.52. The Morgan fingerprint density at radius 3 is 2.81 bits per heavy atom. The van der Waals surface area contributed by atoms with Gasteiger partial charge in [-0.25, -0.2) is 0 Å². The van der Waals surface area contributed by atoms with Crippen LogP contribution < -0.4 is 11.1 Å². The Bertz CT molecular complexity index is 790. The Hall–Kier alpha value is -1.83. The van der Waals surface area contributed by atoms with Gasteiger partial charge in [0.1, 0.15) is 5.00 Å². The number of nitrogens with one attached hydrogen (secondary N) is 1. The fourth-order valence-corrected chi connectivity index (χ4v) is 5.23. The largest absolute Gasteiger partial charge is 0.365 e. The molecule has 0 fully saturated rings. The fraction of sp³-hybridized carbons (Fsp3) is 0.368. The minimum Gasteiger partial charge on any atom is -0.365 e. The van der Waals surface area contributed by atoms with Crippen LogP contribution in [-0.4, -0.2) is 36.1 Å². The number of amides is 2. The number of anilines is 1. The number of fused-ring (bicyclic) bond motifs is 1. The van der Waals surface area contributed by atoms with Crippen molar-refractivity contribution in [2.75, 3.05) is 24.7 Å². The van der Waals surface area contributed by atoms with Crippen LogP contribution in [0.5, 0.6) is 0 Å². The molecule has 1 aliphatic heterocycles. The molecule has 2 aromatic rings. The Kier molecular flexibility index (Phi) is 6.34. The molecule has 0 radical (unpaired) electrons. The summed E-state index contributed by atoms with van der Waals surface area (Å²) in [6.45, 7) is 1.69. The number of rotatable bonds is 7. The number of nitrogens with zero attached hydrogens (tertiary/aromatic N) is 1. The summed E-state index contributed by atoms with van der Waals surface area (Å²) in [5.74, 6) is 0.362. The molecule has 138 valence electrons. The standard InChI is InChI=1S/C19H23N3O2S2/c1-22-10-9-14-15(12-22)26-19(17(14)18(20)24)21-16(23)8-5-11-25-13-6-3-2-4-7-13/h2-4,6-7H,5,8-12H2,1H3,(H2,20,24)(H,21,23). The monoisotopic (exact) mass is 389 g/mol. The second-order valence-electron chi connectivity index (χ2n) is 6.37. The third kappa shape index (κ3) is 4.66. The van der Waals surface area contributed by atoms with E-state index in [1.54, 1.807) is 11.8 Å². The van der Waals surface area contributed by atoms with Crippen molar-refractivity contribution in [2.24, 2.45) is 5.73 Å². The summed E-state index contributed by atoms with van der Waals surface area (Å²) < 4.78 is 0. The lowest BCUT2D eigenvalue weighted by Gasteiger charge is -2.22. The predicted molar refractivity (Wildman–Crippen MR) is 108 cm³/mol. The molecule has 1 aromatic heterocycles. The van der Waals surface area contributed by atoms with E-state index in [9.17, 15) is 9.59 Å². The van der Waals surface area contributed by atoms with E-state index < -0.39 is 5.91 Å². The molecule has 0 aliphatic carbocycles. The second-order valence-corrected chi connectivity index (χ2v) is 8.65. The lowest BCUT2D eigenvalue weighted by Crippen LogP contribution is -2.27. The summed E-state index contributed by atoms with van der Waals surface area (Å²) in [5.41, 5.74) is 7.09. The van der Waals surface area contributed by atoms with Crippen LogP contribution >= 0.6 is 23.1 Å². The number of thiophene rings is 1. The Balaban J connectivity index is 1.56. The minimum absolute atomic E-state index is 0.0619. The SMILES string of the molecule is CN1CCc2c(sc(NC(=O)CCCSc3ccccc3)c2C(N)=O)C1. The topological polar surface area (TPSA) is 75.4 Å². The third-order valence-corrected chi connectivity index (χ3v) is 6.54. The van der Waals surface area contributed by atoms with E-state index in [1.165, 1.54) is 16.2 Å². The van der Waals surface area contributed by atoms with Gasteiger partial charge in [0.25, 0.3) is 5.91 Å². The van der Waals surface area contributed by atoms with Crippen LogP contribution in [0.25, 0.3) is 0 Å². The normalized spacial score (nSPS) is 14.0. The van der Waals surface area contributed by atoms with Gasteiger partial charge in [0.15, 0.2) is 0 Å². The quantitative estimate of drug-likeness (QED) is 0.562. The van der Waals surface area contributed by atoms with Crippen LogP contribution in [0.15, 0.2) is 35.2 Å². The molecule has 26 heavy (non-hydrogen) atoms. The van der Waals surface area contributed by atoms with Crippen molar-refractivity contribution in [2.45, 2.75) is 30.7 Å². The molecular weight excluding hydrogens is 366 g/mol. The highest BCUT2D eigenvalue weighted by molar-refractivity contribution is 7.99. The van der Waals surface area contributed by atoms with Crippen LogP contribution in [0.2, 0.25) is 0 Å². The third-order valence-electron chi connectivity index (χ3n) is 4.31. The van der Waals surface area contributed by atoms with Crippen LogP contribution in [0.1, 0.15) is 33.6 Å². The molecule has 1 aliphatic rings. The summed E-state index contributed by atoms with van der Waals surface area (Å²) in [6.07, 6.45) is 2.01. The molecule has 0 bridgehead atoms. The van der Waals surface area contributed by atoms with Gasteiger partial charge < -0.3 is 16.0 Å². The molecule has 5 nitrogen and oxygen atoms in total. The average Bonchev–Trinajstić information content (AvgIpc) is 2.96. The number of hydrogen-bond donors (Lipinski definition) is 2. The zero-order valence-corrected chi connectivity index (χ0v) is 16.4. The van der Waals surface area contributed by atoms with E-state index >= 15 is 0 Å². The molecule has 7 heteroatoms. The summed E-state index contributed by atoms with van der Waals surface area (Å²) >= 11 is 3.22. The molecule has 2 heterocycles. The Labute approximate surface area is 162 Å². The highest BCUT2D eigenvalue weighted by Gasteiger charge is 2.26. The van der Waals surface area contributed by atoms with Crippen molar-refractivity contribution in [3.63, 3.8) is 0 Å². The predicted octanol–water partition coefficient (Wildman–Crippen LogP) is 3.35. The molecule has 0 atom stereocenters. The van der Waals surface area contributed by atoms with Crippen LogP contribution in [-0.2, 0) is 17.8 Å². The zero-order valence-electron chi connectivity index (χ0n) is 14.8. The number of carbonyl (C=O) groups is 2. The van der Waals surface area contributed by atoms with Crippen LogP contribution in [0.4, 0.5) is 5.00 Å². The van der Waals surface area contributed by atoms with Gasteiger partial charge in [-0.2, -0.15) is 0 Å². The van der Waals surface area contributed by atoms with Crippen LogP contribution in [0.3, 0.4) is 0 Å². The number of nitrogens with two attached hydrogens (primary N) is 1. The second kappa shape index (κ2) is 8.70. The first-order valence-corrected chi connectivity index (χ1v) is 10.5. The van der Waals surface area contributed by atoms with Gasteiger partial charge in [0.05, 0.1) is 5.56 Å². The lowest BCUT2D eigenvalue weighted by atomic mass is 10.0. The van der Waals surface area contributed by atoms with Gasteiger partial charge in [-0.3, -0.25) is 9.59 Å². The van der Waals surface area contributed by atoms with Crippen LogP contribution in [0, 0.1) is 0 Å². The van der Waals surface area contributed by atoms with E-state index in [-0.39, 0.29) is 5.91 Å². The zero-order chi connectivity index (χ0) is 18.5. The number of thioether (sulfide) groups is 1. The highest BCUT2D eigenvalue weighted by atomic mass is 32.2. The molecule has 0 saturated heterocycles. The molecule has 0 unspecified atom stereocenters. The first kappa shape index (κ1) is 18.9. The number of primary amides is 1. The molecule has 3 N–H and O–H groups in total. The molecular formula is C19H23N3O2S2. The summed E-state index contributed by atoms with van der Waals surface area (Å²) in [4.78, 5) is 28.7. The van der Waals surface area contributed by atoms with Gasteiger partial charge in [-0.15, -0.1) is 23.1 Å². The van der Waals surface area contributed by atoms with Gasteiger partial charge in [-0.1, -0.05) is 18.2 Å². The van der Waals surface area contributed by atoms with E-state index in [1.807, 2.05) is 18.2 Å². The van der Waals surface area contributed by atoms with E-state index in [0.717, 1.165) is 42.1 Å². The van der Waals surface area contributed by atoms with Crippen molar-refractivity contribution >= 4 is 39.9 Å². The first-order chi connectivity index (χ1) is 12.5. The number of hydrogen-bond acceptors (Lipinski definition) is 5.